The quantitative estimate of drug-likeness (QED) is 0.0218. The van der Waals surface area contributed by atoms with Crippen molar-refractivity contribution < 1.29 is 59.0 Å². The number of hydrogen-bond acceptors (Lipinski definition) is 11. The van der Waals surface area contributed by atoms with Gasteiger partial charge in [-0.3, -0.25) is 13.8 Å². The van der Waals surface area contributed by atoms with Crippen molar-refractivity contribution in [1.29, 1.82) is 0 Å². The number of unbranched alkanes of at least 4 members (excludes halogenated alkanes) is 16. The fraction of sp³-hybridized carbons (Fsp3) is 0.829. The summed E-state index contributed by atoms with van der Waals surface area (Å²) in [4.78, 5) is 23.3. The summed E-state index contributed by atoms with van der Waals surface area (Å²) in [7, 11) is -5.14. The summed E-state index contributed by atoms with van der Waals surface area (Å²) in [5, 5.41) is 74.0. The van der Waals surface area contributed by atoms with Crippen molar-refractivity contribution in [2.75, 3.05) is 6.61 Å². The predicted octanol–water partition coefficient (Wildman–Crippen LogP) is 5.80. The van der Waals surface area contributed by atoms with E-state index in [-0.39, 0.29) is 6.42 Å². The Morgan fingerprint density at radius 2 is 1.09 bits per heavy atom. The Hall–Kier alpha value is -1.48. The molecule has 1 aliphatic carbocycles. The van der Waals surface area contributed by atoms with Crippen LogP contribution in [0.2, 0.25) is 0 Å². The number of allylic oxidation sites excluding steroid dienone is 5. The minimum atomic E-state index is -5.14. The van der Waals surface area contributed by atoms with Gasteiger partial charge in [0.2, 0.25) is 5.91 Å². The van der Waals surface area contributed by atoms with Crippen LogP contribution >= 0.6 is 7.82 Å². The van der Waals surface area contributed by atoms with Crippen LogP contribution in [0.25, 0.3) is 0 Å². The molecular formula is C41H76NO12P. The highest BCUT2D eigenvalue weighted by atomic mass is 31.2. The van der Waals surface area contributed by atoms with Gasteiger partial charge in [-0.25, -0.2) is 4.57 Å². The van der Waals surface area contributed by atoms with Crippen LogP contribution in [0, 0.1) is 0 Å². The zero-order valence-corrected chi connectivity index (χ0v) is 34.5. The summed E-state index contributed by atoms with van der Waals surface area (Å²) >= 11 is 0. The van der Waals surface area contributed by atoms with Crippen LogP contribution in [0.4, 0.5) is 0 Å². The van der Waals surface area contributed by atoms with Gasteiger partial charge < -0.3 is 46.0 Å². The number of phosphoric acid groups is 1. The van der Waals surface area contributed by atoms with Crippen LogP contribution in [0.15, 0.2) is 36.5 Å². The minimum Gasteiger partial charge on any atom is -0.393 e. The van der Waals surface area contributed by atoms with Gasteiger partial charge in [-0.05, 0) is 51.4 Å². The van der Waals surface area contributed by atoms with E-state index >= 15 is 0 Å². The van der Waals surface area contributed by atoms with Gasteiger partial charge in [0, 0.05) is 0 Å². The molecule has 1 fully saturated rings. The Morgan fingerprint density at radius 1 is 0.636 bits per heavy atom. The van der Waals surface area contributed by atoms with Gasteiger partial charge in [0.1, 0.15) is 36.6 Å². The van der Waals surface area contributed by atoms with Gasteiger partial charge in [-0.2, -0.15) is 0 Å². The lowest BCUT2D eigenvalue weighted by atomic mass is 9.85. The molecule has 0 aliphatic heterocycles. The van der Waals surface area contributed by atoms with E-state index in [1.807, 2.05) is 0 Å². The highest BCUT2D eigenvalue weighted by Crippen LogP contribution is 2.47. The van der Waals surface area contributed by atoms with Crippen LogP contribution < -0.4 is 5.32 Å². The Bertz CT molecular complexity index is 1090. The fourth-order valence-corrected chi connectivity index (χ4v) is 7.38. The summed E-state index contributed by atoms with van der Waals surface area (Å²) in [6.45, 7) is 3.63. The Morgan fingerprint density at radius 3 is 1.65 bits per heavy atom. The Kier molecular flexibility index (Phi) is 29.5. The molecule has 0 saturated heterocycles. The molecule has 0 aromatic carbocycles. The van der Waals surface area contributed by atoms with E-state index in [0.717, 1.165) is 51.4 Å². The third-order valence-electron chi connectivity index (χ3n) is 9.95. The molecule has 14 heteroatoms. The molecule has 13 nitrogen and oxygen atoms in total. The Labute approximate surface area is 330 Å². The summed E-state index contributed by atoms with van der Waals surface area (Å²) in [5.74, 6) is -0.620. The van der Waals surface area contributed by atoms with Crippen LogP contribution in [0.3, 0.4) is 0 Å². The lowest BCUT2D eigenvalue weighted by Crippen LogP contribution is -2.64. The molecule has 0 aromatic heterocycles. The molecule has 0 bridgehead atoms. The number of aliphatic hydroxyl groups excluding tert-OH is 7. The second kappa shape index (κ2) is 31.5. The van der Waals surface area contributed by atoms with Crippen LogP contribution in [0.5, 0.6) is 0 Å². The van der Waals surface area contributed by atoms with Crippen molar-refractivity contribution >= 4 is 13.7 Å². The molecule has 0 aromatic rings. The number of aliphatic hydroxyl groups is 7. The van der Waals surface area contributed by atoms with E-state index in [2.05, 4.69) is 43.5 Å². The molecule has 1 amide bonds. The van der Waals surface area contributed by atoms with Gasteiger partial charge in [-0.1, -0.05) is 134 Å². The highest BCUT2D eigenvalue weighted by Gasteiger charge is 2.51. The molecule has 8 unspecified atom stereocenters. The lowest BCUT2D eigenvalue weighted by Gasteiger charge is -2.41. The van der Waals surface area contributed by atoms with Gasteiger partial charge >= 0.3 is 7.82 Å². The van der Waals surface area contributed by atoms with Crippen molar-refractivity contribution in [3.8, 4) is 0 Å². The predicted molar refractivity (Wildman–Crippen MR) is 215 cm³/mol. The van der Waals surface area contributed by atoms with Crippen molar-refractivity contribution in [2.45, 2.75) is 210 Å². The second-order valence-electron chi connectivity index (χ2n) is 15.0. The fourth-order valence-electron chi connectivity index (χ4n) is 6.41. The summed E-state index contributed by atoms with van der Waals surface area (Å²) in [5.41, 5.74) is 0. The first-order chi connectivity index (χ1) is 26.3. The number of nitrogens with one attached hydrogen (secondary N) is 1. The molecule has 55 heavy (non-hydrogen) atoms. The number of carbonyl (C=O) groups is 1. The molecule has 0 heterocycles. The number of amides is 1. The first-order valence-electron chi connectivity index (χ1n) is 21.0. The third kappa shape index (κ3) is 24.1. The normalized spacial score (nSPS) is 24.8. The van der Waals surface area contributed by atoms with Gasteiger partial charge in [0.15, 0.2) is 0 Å². The first kappa shape index (κ1) is 51.5. The summed E-state index contributed by atoms with van der Waals surface area (Å²) < 4.78 is 22.7. The van der Waals surface area contributed by atoms with Crippen LogP contribution in [-0.4, -0.2) is 108 Å². The maximum atomic E-state index is 12.9. The molecule has 0 spiro atoms. The highest BCUT2D eigenvalue weighted by molar-refractivity contribution is 7.47. The molecule has 0 radical (unpaired) electrons. The van der Waals surface area contributed by atoms with Crippen molar-refractivity contribution in [3.63, 3.8) is 0 Å². The number of rotatable bonds is 33. The van der Waals surface area contributed by atoms with E-state index in [4.69, 9.17) is 9.05 Å². The zero-order chi connectivity index (χ0) is 40.9. The molecule has 8 atom stereocenters. The minimum absolute atomic E-state index is 0.269. The van der Waals surface area contributed by atoms with Crippen molar-refractivity contribution in [3.05, 3.63) is 36.5 Å². The topological polar surface area (TPSA) is 226 Å². The standard InChI is InChI=1S/C41H76NO12P/c1-3-5-7-9-11-13-14-15-16-17-18-19-20-21-23-25-27-29-34(44)33(42-35(45)30-32(43)28-26-24-22-12-10-8-6-4-2)31-53-55(51,52)54-41-39(49)37(47)36(46)38(48)40(41)50/h10,12,20-21,27,29,32-34,36-41,43-44,46-50H,3-9,11,13-19,22-26,28,30-31H2,1-2H3,(H,42,45)(H,51,52)/b12-10-,21-20+,29-27+. The maximum absolute atomic E-state index is 12.9. The molecular weight excluding hydrogens is 729 g/mol. The third-order valence-corrected chi connectivity index (χ3v) is 10.9. The zero-order valence-electron chi connectivity index (χ0n) is 33.6. The van der Waals surface area contributed by atoms with Gasteiger partial charge in [-0.15, -0.1) is 0 Å². The molecule has 1 rings (SSSR count). The number of carbonyl (C=O) groups excluding carboxylic acids is 1. The van der Waals surface area contributed by atoms with E-state index in [1.54, 1.807) is 6.08 Å². The SMILES string of the molecule is CCCC/C=C\CCCCC(O)CC(=O)NC(COP(=O)(O)OC1C(O)C(O)C(O)C(O)C1O)C(O)/C=C/CC/C=C/CCCCCCCCCCCCC. The second-order valence-corrected chi connectivity index (χ2v) is 16.4. The van der Waals surface area contributed by atoms with Crippen LogP contribution in [0.1, 0.15) is 155 Å². The van der Waals surface area contributed by atoms with E-state index in [1.165, 1.54) is 70.3 Å². The van der Waals surface area contributed by atoms with E-state index in [9.17, 15) is 50.0 Å². The van der Waals surface area contributed by atoms with E-state index < -0.39 is 75.2 Å². The largest absolute Gasteiger partial charge is 0.472 e. The van der Waals surface area contributed by atoms with Gasteiger partial charge in [0.25, 0.3) is 0 Å². The van der Waals surface area contributed by atoms with Crippen molar-refractivity contribution in [1.82, 2.24) is 5.32 Å². The smallest absolute Gasteiger partial charge is 0.393 e. The lowest BCUT2D eigenvalue weighted by molar-refractivity contribution is -0.220. The van der Waals surface area contributed by atoms with Gasteiger partial charge in [0.05, 0.1) is 31.3 Å². The molecule has 1 saturated carbocycles. The number of phosphoric ester groups is 1. The monoisotopic (exact) mass is 806 g/mol. The first-order valence-corrected chi connectivity index (χ1v) is 22.5. The summed E-state index contributed by atoms with van der Waals surface area (Å²) in [6, 6.07) is -1.26. The molecule has 1 aliphatic rings. The average molecular weight is 806 g/mol. The van der Waals surface area contributed by atoms with Crippen molar-refractivity contribution in [2.24, 2.45) is 0 Å². The molecule has 9 N–H and O–H groups in total. The maximum Gasteiger partial charge on any atom is 0.472 e. The average Bonchev–Trinajstić information content (AvgIpc) is 3.15. The summed E-state index contributed by atoms with van der Waals surface area (Å²) in [6.07, 6.45) is 19.8. The molecule has 322 valence electrons. The Balaban J connectivity index is 2.64. The number of hydrogen-bond donors (Lipinski definition) is 9. The van der Waals surface area contributed by atoms with E-state index in [0.29, 0.717) is 19.3 Å². The van der Waals surface area contributed by atoms with Crippen LogP contribution in [-0.2, 0) is 18.4 Å².